The molecule has 0 N–H and O–H groups in total. The molecule has 0 saturated carbocycles. The van der Waals surface area contributed by atoms with Gasteiger partial charge < -0.3 is 0 Å². The molecule has 0 radical (unpaired) electrons. The minimum atomic E-state index is 0.0765. The van der Waals surface area contributed by atoms with Crippen molar-refractivity contribution >= 4 is 34.5 Å². The lowest BCUT2D eigenvalue weighted by Crippen LogP contribution is -2.02. The predicted octanol–water partition coefficient (Wildman–Crippen LogP) is 3.22. The first kappa shape index (κ1) is 15.0. The lowest BCUT2D eigenvalue weighted by Gasteiger charge is -2.02. The van der Waals surface area contributed by atoms with Crippen molar-refractivity contribution in [2.75, 3.05) is 5.75 Å². The summed E-state index contributed by atoms with van der Waals surface area (Å²) in [6.07, 6.45) is 1.72. The van der Waals surface area contributed by atoms with E-state index in [1.807, 2.05) is 47.8 Å². The van der Waals surface area contributed by atoms with Crippen LogP contribution in [-0.4, -0.2) is 36.3 Å². The third-order valence-electron chi connectivity index (χ3n) is 3.29. The second-order valence-corrected chi connectivity index (χ2v) is 6.77. The maximum absolute atomic E-state index is 12.1. The van der Waals surface area contributed by atoms with Crippen molar-refractivity contribution < 1.29 is 4.79 Å². The molecule has 0 spiro atoms. The van der Waals surface area contributed by atoms with Crippen LogP contribution in [0.5, 0.6) is 0 Å². The molecule has 0 unspecified atom stereocenters. The number of hydrogen-bond acceptors (Lipinski definition) is 7. The summed E-state index contributed by atoms with van der Waals surface area (Å²) in [5.74, 6) is 0.379. The Hall–Kier alpha value is -2.58. The third kappa shape index (κ3) is 2.93. The number of thiophene rings is 1. The molecule has 4 aromatic rings. The van der Waals surface area contributed by atoms with Crippen LogP contribution in [0.3, 0.4) is 0 Å². The van der Waals surface area contributed by atoms with Crippen LogP contribution in [0, 0.1) is 0 Å². The van der Waals surface area contributed by atoms with Gasteiger partial charge in [-0.2, -0.15) is 9.61 Å². The fourth-order valence-electron chi connectivity index (χ4n) is 2.15. The van der Waals surface area contributed by atoms with Crippen LogP contribution in [0.4, 0.5) is 0 Å². The summed E-state index contributed by atoms with van der Waals surface area (Å²) in [5, 5.41) is 15.3. The van der Waals surface area contributed by atoms with E-state index in [1.54, 1.807) is 10.7 Å². The normalized spacial score (nSPS) is 11.0. The highest BCUT2D eigenvalue weighted by molar-refractivity contribution is 7.99. The Bertz CT molecular complexity index is 982. The number of aromatic nitrogens is 5. The summed E-state index contributed by atoms with van der Waals surface area (Å²) in [4.78, 5) is 17.2. The highest BCUT2D eigenvalue weighted by Crippen LogP contribution is 2.21. The molecule has 0 bridgehead atoms. The number of pyridine rings is 1. The van der Waals surface area contributed by atoms with E-state index < -0.39 is 0 Å². The van der Waals surface area contributed by atoms with Crippen LogP contribution in [0.1, 0.15) is 9.67 Å². The van der Waals surface area contributed by atoms with E-state index in [9.17, 15) is 4.79 Å². The smallest absolute Gasteiger partial charge is 0.212 e. The molecule has 0 aliphatic rings. The maximum atomic E-state index is 12.1. The average Bonchev–Trinajstić information content (AvgIpc) is 3.30. The molecule has 0 saturated heterocycles. The van der Waals surface area contributed by atoms with Gasteiger partial charge in [-0.05, 0) is 35.7 Å². The summed E-state index contributed by atoms with van der Waals surface area (Å²) in [6.45, 7) is 0. The van der Waals surface area contributed by atoms with Crippen molar-refractivity contribution in [3.8, 4) is 11.4 Å². The number of rotatable bonds is 5. The van der Waals surface area contributed by atoms with Crippen molar-refractivity contribution in [2.45, 2.75) is 5.16 Å². The largest absolute Gasteiger partial charge is 0.292 e. The van der Waals surface area contributed by atoms with Crippen LogP contribution in [-0.2, 0) is 0 Å². The molecule has 4 aromatic heterocycles. The number of carbonyl (C=O) groups excluding carboxylic acids is 1. The second kappa shape index (κ2) is 6.50. The number of Topliss-reactive ketones (excluding diaryl/α,β-unsaturated/α-hetero) is 1. The van der Waals surface area contributed by atoms with Gasteiger partial charge in [0.15, 0.2) is 11.4 Å². The Labute approximate surface area is 145 Å². The highest BCUT2D eigenvalue weighted by atomic mass is 32.2. The Balaban J connectivity index is 1.60. The topological polar surface area (TPSA) is 73.0 Å². The average molecular weight is 353 g/mol. The highest BCUT2D eigenvalue weighted by Gasteiger charge is 2.13. The van der Waals surface area contributed by atoms with Gasteiger partial charge in [0.25, 0.3) is 0 Å². The third-order valence-corrected chi connectivity index (χ3v) is 5.12. The Morgan fingerprint density at radius 3 is 2.83 bits per heavy atom. The number of hydrogen-bond donors (Lipinski definition) is 0. The lowest BCUT2D eigenvalue weighted by atomic mass is 10.2. The Morgan fingerprint density at radius 1 is 1.08 bits per heavy atom. The second-order valence-electron chi connectivity index (χ2n) is 4.88. The minimum absolute atomic E-state index is 0.0765. The molecule has 0 aliphatic carbocycles. The molecule has 0 amide bonds. The van der Waals surface area contributed by atoms with Gasteiger partial charge in [0.05, 0.1) is 16.3 Å². The summed E-state index contributed by atoms with van der Waals surface area (Å²) in [7, 11) is 0. The quantitative estimate of drug-likeness (QED) is 0.405. The molecule has 24 heavy (non-hydrogen) atoms. The van der Waals surface area contributed by atoms with Gasteiger partial charge in [-0.1, -0.05) is 23.9 Å². The van der Waals surface area contributed by atoms with Gasteiger partial charge in [0.1, 0.15) is 5.69 Å². The standard InChI is InChI=1S/C16H11N5OS2/c22-13(14-5-3-9-23-14)10-24-16-19-18-15-7-6-12(20-21(15)16)11-4-1-2-8-17-11/h1-9H,10H2. The zero-order chi connectivity index (χ0) is 16.4. The minimum Gasteiger partial charge on any atom is -0.292 e. The lowest BCUT2D eigenvalue weighted by molar-refractivity contribution is 0.102. The molecule has 8 heteroatoms. The number of carbonyl (C=O) groups is 1. The van der Waals surface area contributed by atoms with Gasteiger partial charge in [0, 0.05) is 6.20 Å². The first-order chi connectivity index (χ1) is 11.8. The van der Waals surface area contributed by atoms with E-state index in [1.165, 1.54) is 23.1 Å². The number of ketones is 1. The van der Waals surface area contributed by atoms with Gasteiger partial charge in [-0.3, -0.25) is 9.78 Å². The van der Waals surface area contributed by atoms with Gasteiger partial charge in [-0.15, -0.1) is 21.5 Å². The van der Waals surface area contributed by atoms with Crippen molar-refractivity contribution in [3.63, 3.8) is 0 Å². The van der Waals surface area contributed by atoms with E-state index in [-0.39, 0.29) is 5.78 Å². The SMILES string of the molecule is O=C(CSc1nnc2ccc(-c3ccccn3)nn12)c1cccs1. The van der Waals surface area contributed by atoms with E-state index in [4.69, 9.17) is 0 Å². The fourth-order valence-corrected chi connectivity index (χ4v) is 3.68. The summed E-state index contributed by atoms with van der Waals surface area (Å²) < 4.78 is 1.65. The molecular weight excluding hydrogens is 342 g/mol. The van der Waals surface area contributed by atoms with Crippen molar-refractivity contribution in [1.82, 2.24) is 24.8 Å². The first-order valence-corrected chi connectivity index (χ1v) is 9.01. The van der Waals surface area contributed by atoms with E-state index >= 15 is 0 Å². The van der Waals surface area contributed by atoms with E-state index in [0.717, 1.165) is 16.3 Å². The Kier molecular flexibility index (Phi) is 4.06. The number of nitrogens with zero attached hydrogens (tertiary/aromatic N) is 5. The first-order valence-electron chi connectivity index (χ1n) is 7.14. The van der Waals surface area contributed by atoms with Crippen molar-refractivity contribution in [1.29, 1.82) is 0 Å². The van der Waals surface area contributed by atoms with Crippen LogP contribution in [0.15, 0.2) is 59.2 Å². The molecule has 0 fully saturated rings. The number of thioether (sulfide) groups is 1. The van der Waals surface area contributed by atoms with Gasteiger partial charge >= 0.3 is 0 Å². The fraction of sp³-hybridized carbons (Fsp3) is 0.0625. The van der Waals surface area contributed by atoms with Gasteiger partial charge in [0.2, 0.25) is 5.16 Å². The molecule has 4 rings (SSSR count). The maximum Gasteiger partial charge on any atom is 0.212 e. The van der Waals surface area contributed by atoms with Gasteiger partial charge in [-0.25, -0.2) is 0 Å². The van der Waals surface area contributed by atoms with E-state index in [2.05, 4.69) is 20.3 Å². The molecule has 0 atom stereocenters. The Morgan fingerprint density at radius 2 is 2.04 bits per heavy atom. The van der Waals surface area contributed by atoms with Crippen LogP contribution < -0.4 is 0 Å². The number of fused-ring (bicyclic) bond motifs is 1. The molecule has 0 aliphatic heterocycles. The van der Waals surface area contributed by atoms with Crippen molar-refractivity contribution in [2.24, 2.45) is 0 Å². The zero-order valence-electron chi connectivity index (χ0n) is 12.4. The van der Waals surface area contributed by atoms with E-state index in [0.29, 0.717) is 16.6 Å². The monoisotopic (exact) mass is 353 g/mol. The molecule has 118 valence electrons. The molecule has 0 aromatic carbocycles. The zero-order valence-corrected chi connectivity index (χ0v) is 14.0. The van der Waals surface area contributed by atoms with Crippen molar-refractivity contribution in [3.05, 3.63) is 58.9 Å². The summed E-state index contributed by atoms with van der Waals surface area (Å²) in [5.41, 5.74) is 2.15. The van der Waals surface area contributed by atoms with Crippen LogP contribution in [0.25, 0.3) is 17.0 Å². The van der Waals surface area contributed by atoms with Crippen LogP contribution in [0.2, 0.25) is 0 Å². The predicted molar refractivity (Wildman–Crippen MR) is 93.4 cm³/mol. The molecule has 6 nitrogen and oxygen atoms in total. The molecule has 4 heterocycles. The summed E-state index contributed by atoms with van der Waals surface area (Å²) >= 11 is 2.77. The molecular formula is C16H11N5OS2. The summed E-state index contributed by atoms with van der Waals surface area (Å²) in [6, 6.07) is 13.1. The van der Waals surface area contributed by atoms with Crippen LogP contribution >= 0.6 is 23.1 Å².